The molecule has 1 aromatic heterocycles. The molecule has 18 heavy (non-hydrogen) atoms. The van der Waals surface area contributed by atoms with Crippen molar-refractivity contribution in [1.29, 1.82) is 0 Å². The van der Waals surface area contributed by atoms with E-state index in [0.717, 1.165) is 34.0 Å². The van der Waals surface area contributed by atoms with Crippen LogP contribution < -0.4 is 4.74 Å². The van der Waals surface area contributed by atoms with E-state index in [4.69, 9.17) is 4.74 Å². The first-order chi connectivity index (χ1) is 8.65. The highest BCUT2D eigenvalue weighted by Gasteiger charge is 2.08. The molecule has 0 aliphatic carbocycles. The van der Waals surface area contributed by atoms with Crippen molar-refractivity contribution in [2.75, 3.05) is 7.11 Å². The molecule has 0 atom stereocenters. The molecule has 0 fully saturated rings. The van der Waals surface area contributed by atoms with Gasteiger partial charge < -0.3 is 4.74 Å². The van der Waals surface area contributed by atoms with Crippen LogP contribution in [0.25, 0.3) is 11.3 Å². The minimum Gasteiger partial charge on any atom is -0.496 e. The number of aryl methyl sites for hydroxylation is 2. The Morgan fingerprint density at radius 1 is 1.22 bits per heavy atom. The first-order valence-corrected chi connectivity index (χ1v) is 6.37. The van der Waals surface area contributed by atoms with Crippen LogP contribution in [0.5, 0.6) is 5.75 Å². The van der Waals surface area contributed by atoms with Gasteiger partial charge in [-0.05, 0) is 43.2 Å². The Morgan fingerprint density at radius 3 is 2.44 bits per heavy atom. The van der Waals surface area contributed by atoms with Crippen LogP contribution in [0, 0.1) is 13.8 Å². The molecule has 4 heteroatoms. The van der Waals surface area contributed by atoms with Crippen molar-refractivity contribution in [3.05, 3.63) is 41.3 Å². The highest BCUT2D eigenvalue weighted by atomic mass is 32.1. The number of methoxy groups -OCH3 is 1. The molecule has 0 N–H and O–H groups in total. The monoisotopic (exact) mass is 260 g/mol. The minimum absolute atomic E-state index is 0.544. The van der Waals surface area contributed by atoms with Gasteiger partial charge in [-0.1, -0.05) is 0 Å². The van der Waals surface area contributed by atoms with Gasteiger partial charge in [0, 0.05) is 11.8 Å². The Kier molecular flexibility index (Phi) is 3.87. The summed E-state index contributed by atoms with van der Waals surface area (Å²) >= 11 is 4.20. The molecule has 94 valence electrons. The maximum absolute atomic E-state index is 5.37. The average molecular weight is 260 g/mol. The van der Waals surface area contributed by atoms with Crippen molar-refractivity contribution in [3.63, 3.8) is 0 Å². The summed E-state index contributed by atoms with van der Waals surface area (Å²) in [6.07, 6.45) is 1.77. The predicted molar refractivity (Wildman–Crippen MR) is 76.2 cm³/mol. The highest BCUT2D eigenvalue weighted by Crippen LogP contribution is 2.28. The number of thiol groups is 1. The second-order valence-electron chi connectivity index (χ2n) is 4.16. The number of ether oxygens (including phenoxy) is 1. The zero-order chi connectivity index (χ0) is 13.1. The third-order valence-corrected chi connectivity index (χ3v) is 3.09. The fourth-order valence-electron chi connectivity index (χ4n) is 2.06. The molecule has 0 radical (unpaired) electrons. The highest BCUT2D eigenvalue weighted by molar-refractivity contribution is 7.79. The molecule has 0 spiro atoms. The third-order valence-electron chi connectivity index (χ3n) is 2.81. The molecule has 1 aromatic carbocycles. The first kappa shape index (κ1) is 12.9. The van der Waals surface area contributed by atoms with E-state index in [0.29, 0.717) is 5.75 Å². The van der Waals surface area contributed by atoms with Gasteiger partial charge in [0.25, 0.3) is 0 Å². The summed E-state index contributed by atoms with van der Waals surface area (Å²) in [6.45, 7) is 4.08. The average Bonchev–Trinajstić information content (AvgIpc) is 2.38. The van der Waals surface area contributed by atoms with E-state index in [1.165, 1.54) is 0 Å². The Morgan fingerprint density at radius 2 is 1.89 bits per heavy atom. The Bertz CT molecular complexity index is 546. The van der Waals surface area contributed by atoms with E-state index in [1.807, 2.05) is 19.9 Å². The van der Waals surface area contributed by atoms with Gasteiger partial charge in [-0.25, -0.2) is 9.97 Å². The molecule has 0 bridgehead atoms. The Hall–Kier alpha value is -1.55. The maximum atomic E-state index is 5.37. The maximum Gasteiger partial charge on any atom is 0.138 e. The van der Waals surface area contributed by atoms with Crippen LogP contribution in [0.3, 0.4) is 0 Å². The molecule has 0 saturated heterocycles. The molecule has 1 heterocycles. The summed E-state index contributed by atoms with van der Waals surface area (Å²) < 4.78 is 5.37. The molecular weight excluding hydrogens is 244 g/mol. The van der Waals surface area contributed by atoms with Gasteiger partial charge in [0.05, 0.1) is 18.6 Å². The fraction of sp³-hybridized carbons (Fsp3) is 0.286. The number of rotatable bonds is 3. The van der Waals surface area contributed by atoms with Crippen LogP contribution in [-0.4, -0.2) is 17.1 Å². The second kappa shape index (κ2) is 5.40. The SMILES string of the molecule is COc1c(C)cc(-c2ccnc(CS)n2)cc1C. The van der Waals surface area contributed by atoms with E-state index >= 15 is 0 Å². The van der Waals surface area contributed by atoms with Crippen molar-refractivity contribution in [1.82, 2.24) is 9.97 Å². The summed E-state index contributed by atoms with van der Waals surface area (Å²) in [5, 5.41) is 0. The van der Waals surface area contributed by atoms with Crippen LogP contribution >= 0.6 is 12.6 Å². The van der Waals surface area contributed by atoms with Crippen molar-refractivity contribution in [2.45, 2.75) is 19.6 Å². The van der Waals surface area contributed by atoms with E-state index in [2.05, 4.69) is 34.7 Å². The quantitative estimate of drug-likeness (QED) is 0.861. The largest absolute Gasteiger partial charge is 0.496 e. The van der Waals surface area contributed by atoms with Crippen LogP contribution in [0.1, 0.15) is 17.0 Å². The fourth-order valence-corrected chi connectivity index (χ4v) is 2.21. The minimum atomic E-state index is 0.544. The lowest BCUT2D eigenvalue weighted by Crippen LogP contribution is -1.96. The summed E-state index contributed by atoms with van der Waals surface area (Å²) in [7, 11) is 1.69. The molecule has 0 aliphatic heterocycles. The van der Waals surface area contributed by atoms with Crippen molar-refractivity contribution in [3.8, 4) is 17.0 Å². The molecule has 0 amide bonds. The van der Waals surface area contributed by atoms with Gasteiger partial charge in [0.15, 0.2) is 0 Å². The van der Waals surface area contributed by atoms with Gasteiger partial charge in [0.2, 0.25) is 0 Å². The molecular formula is C14H16N2OS. The predicted octanol–water partition coefficient (Wildman–Crippen LogP) is 3.20. The zero-order valence-corrected chi connectivity index (χ0v) is 11.7. The lowest BCUT2D eigenvalue weighted by molar-refractivity contribution is 0.408. The smallest absolute Gasteiger partial charge is 0.138 e. The normalized spacial score (nSPS) is 10.4. The van der Waals surface area contributed by atoms with Gasteiger partial charge in [-0.3, -0.25) is 0 Å². The molecule has 2 aromatic rings. The van der Waals surface area contributed by atoms with Crippen molar-refractivity contribution < 1.29 is 4.74 Å². The van der Waals surface area contributed by atoms with Gasteiger partial charge >= 0.3 is 0 Å². The number of benzene rings is 1. The van der Waals surface area contributed by atoms with Gasteiger partial charge in [0.1, 0.15) is 11.6 Å². The zero-order valence-electron chi connectivity index (χ0n) is 10.8. The van der Waals surface area contributed by atoms with E-state index in [-0.39, 0.29) is 0 Å². The topological polar surface area (TPSA) is 35.0 Å². The Balaban J connectivity index is 2.51. The molecule has 2 rings (SSSR count). The van der Waals surface area contributed by atoms with Crippen LogP contribution in [0.2, 0.25) is 0 Å². The lowest BCUT2D eigenvalue weighted by atomic mass is 10.0. The molecule has 0 unspecified atom stereocenters. The van der Waals surface area contributed by atoms with Crippen LogP contribution in [0.15, 0.2) is 24.4 Å². The summed E-state index contributed by atoms with van der Waals surface area (Å²) in [6, 6.07) is 6.07. The van der Waals surface area contributed by atoms with Gasteiger partial charge in [-0.2, -0.15) is 12.6 Å². The summed E-state index contributed by atoms with van der Waals surface area (Å²) in [4.78, 5) is 8.62. The van der Waals surface area contributed by atoms with E-state index in [9.17, 15) is 0 Å². The Labute approximate surface area is 113 Å². The van der Waals surface area contributed by atoms with E-state index < -0.39 is 0 Å². The van der Waals surface area contributed by atoms with E-state index in [1.54, 1.807) is 13.3 Å². The molecule has 3 nitrogen and oxygen atoms in total. The van der Waals surface area contributed by atoms with Crippen LogP contribution in [0.4, 0.5) is 0 Å². The number of hydrogen-bond donors (Lipinski definition) is 1. The lowest BCUT2D eigenvalue weighted by Gasteiger charge is -2.11. The van der Waals surface area contributed by atoms with Crippen molar-refractivity contribution >= 4 is 12.6 Å². The van der Waals surface area contributed by atoms with Crippen molar-refractivity contribution in [2.24, 2.45) is 0 Å². The number of aromatic nitrogens is 2. The standard InChI is InChI=1S/C14H16N2OS/c1-9-6-11(7-10(2)14(9)17-3)12-4-5-15-13(8-18)16-12/h4-7,18H,8H2,1-3H3. The number of nitrogens with zero attached hydrogens (tertiary/aromatic N) is 2. The van der Waals surface area contributed by atoms with Crippen LogP contribution in [-0.2, 0) is 5.75 Å². The third kappa shape index (κ3) is 2.48. The summed E-state index contributed by atoms with van der Waals surface area (Å²) in [5.74, 6) is 2.21. The van der Waals surface area contributed by atoms with Gasteiger partial charge in [-0.15, -0.1) is 0 Å². The number of hydrogen-bond acceptors (Lipinski definition) is 4. The second-order valence-corrected chi connectivity index (χ2v) is 4.48. The summed E-state index contributed by atoms with van der Waals surface area (Å²) in [5.41, 5.74) is 4.22. The molecule has 0 aliphatic rings. The molecule has 0 saturated carbocycles. The first-order valence-electron chi connectivity index (χ1n) is 5.74.